The number of rotatable bonds is 9. The number of nitrogens with one attached hydrogen (secondary N) is 2. The van der Waals surface area contributed by atoms with Crippen molar-refractivity contribution >= 4 is 29.9 Å². The fraction of sp³-hybridized carbons (Fsp3) is 0.923. The second-order valence-electron chi connectivity index (χ2n) is 4.79. The lowest BCUT2D eigenvalue weighted by Crippen LogP contribution is -2.41. The normalized spacial score (nSPS) is 16.7. The predicted octanol–water partition coefficient (Wildman–Crippen LogP) is 1.62. The molecule has 1 aliphatic rings. The molecule has 0 radical (unpaired) electrons. The summed E-state index contributed by atoms with van der Waals surface area (Å²) in [5, 5.41) is 6.61. The summed E-state index contributed by atoms with van der Waals surface area (Å²) in [5.74, 6) is 0.856. The van der Waals surface area contributed by atoms with E-state index in [1.165, 1.54) is 12.8 Å². The minimum absolute atomic E-state index is 0. The summed E-state index contributed by atoms with van der Waals surface area (Å²) in [6.45, 7) is 6.17. The van der Waals surface area contributed by atoms with E-state index in [0.29, 0.717) is 12.0 Å². The van der Waals surface area contributed by atoms with Gasteiger partial charge in [0.25, 0.3) is 0 Å². The zero-order valence-corrected chi connectivity index (χ0v) is 14.7. The highest BCUT2D eigenvalue weighted by molar-refractivity contribution is 14.0. The lowest BCUT2D eigenvalue weighted by atomic mass is 10.0. The van der Waals surface area contributed by atoms with Crippen molar-refractivity contribution < 1.29 is 9.47 Å². The van der Waals surface area contributed by atoms with Crippen LogP contribution in [0, 0.1) is 5.41 Å². The van der Waals surface area contributed by atoms with Gasteiger partial charge in [-0.3, -0.25) is 4.99 Å². The molecule has 0 bridgehead atoms. The van der Waals surface area contributed by atoms with Crippen LogP contribution in [0.2, 0.25) is 0 Å². The zero-order chi connectivity index (χ0) is 13.3. The molecule has 0 amide bonds. The number of halogens is 1. The number of hydrogen-bond acceptors (Lipinski definition) is 3. The van der Waals surface area contributed by atoms with Crippen molar-refractivity contribution in [2.45, 2.75) is 26.2 Å². The van der Waals surface area contributed by atoms with E-state index in [1.807, 2.05) is 6.92 Å². The number of aliphatic imine (C=N–C) groups is 1. The molecule has 1 fully saturated rings. The molecule has 0 heterocycles. The van der Waals surface area contributed by atoms with Gasteiger partial charge in [0.15, 0.2) is 5.96 Å². The third kappa shape index (κ3) is 7.94. The van der Waals surface area contributed by atoms with E-state index in [4.69, 9.17) is 9.47 Å². The molecule has 0 aromatic heterocycles. The monoisotopic (exact) mass is 385 g/mol. The second kappa shape index (κ2) is 10.7. The van der Waals surface area contributed by atoms with Gasteiger partial charge >= 0.3 is 0 Å². The summed E-state index contributed by atoms with van der Waals surface area (Å²) in [4.78, 5) is 4.19. The number of guanidine groups is 1. The Hall–Kier alpha value is -0.0800. The maximum atomic E-state index is 5.43. The van der Waals surface area contributed by atoms with Crippen molar-refractivity contribution in [1.82, 2.24) is 10.6 Å². The molecule has 0 unspecified atom stereocenters. The molecule has 1 rings (SSSR count). The van der Waals surface area contributed by atoms with Crippen LogP contribution in [0.25, 0.3) is 0 Å². The predicted molar refractivity (Wildman–Crippen MR) is 89.4 cm³/mol. The Bertz CT molecular complexity index is 258. The molecule has 0 atom stereocenters. The van der Waals surface area contributed by atoms with Gasteiger partial charge in [-0.25, -0.2) is 0 Å². The van der Waals surface area contributed by atoms with Crippen molar-refractivity contribution in [3.05, 3.63) is 0 Å². The van der Waals surface area contributed by atoms with E-state index in [1.54, 1.807) is 14.2 Å². The lowest BCUT2D eigenvalue weighted by Gasteiger charge is -2.18. The van der Waals surface area contributed by atoms with Gasteiger partial charge in [-0.1, -0.05) is 0 Å². The minimum atomic E-state index is 0. The standard InChI is InChI=1S/C13H27N3O2.HI/c1-4-18-9-7-13(5-6-13)11-16-12(14-2)15-8-10-17-3;/h4-11H2,1-3H3,(H2,14,15,16);1H. The first-order chi connectivity index (χ1) is 8.76. The first-order valence-electron chi connectivity index (χ1n) is 6.77. The van der Waals surface area contributed by atoms with Crippen molar-refractivity contribution in [2.24, 2.45) is 10.4 Å². The average molecular weight is 385 g/mol. The average Bonchev–Trinajstić information content (AvgIpc) is 3.14. The first kappa shape index (κ1) is 18.9. The Kier molecular flexibility index (Phi) is 10.6. The van der Waals surface area contributed by atoms with E-state index >= 15 is 0 Å². The highest BCUT2D eigenvalue weighted by atomic mass is 127. The van der Waals surface area contributed by atoms with Gasteiger partial charge in [-0.05, 0) is 31.6 Å². The third-order valence-electron chi connectivity index (χ3n) is 3.39. The highest BCUT2D eigenvalue weighted by Gasteiger charge is 2.41. The summed E-state index contributed by atoms with van der Waals surface area (Å²) in [6.07, 6.45) is 3.73. The van der Waals surface area contributed by atoms with Crippen LogP contribution in [0.15, 0.2) is 4.99 Å². The second-order valence-corrected chi connectivity index (χ2v) is 4.79. The van der Waals surface area contributed by atoms with E-state index in [2.05, 4.69) is 15.6 Å². The van der Waals surface area contributed by atoms with Crippen molar-refractivity contribution in [2.75, 3.05) is 47.1 Å². The Morgan fingerprint density at radius 1 is 1.26 bits per heavy atom. The largest absolute Gasteiger partial charge is 0.383 e. The Morgan fingerprint density at radius 3 is 2.53 bits per heavy atom. The van der Waals surface area contributed by atoms with Crippen LogP contribution in [0.1, 0.15) is 26.2 Å². The molecule has 1 aliphatic carbocycles. The maximum absolute atomic E-state index is 5.43. The summed E-state index contributed by atoms with van der Waals surface area (Å²) in [6, 6.07) is 0. The fourth-order valence-corrected chi connectivity index (χ4v) is 1.89. The van der Waals surface area contributed by atoms with Crippen LogP contribution >= 0.6 is 24.0 Å². The molecular formula is C13H28IN3O2. The van der Waals surface area contributed by atoms with E-state index in [0.717, 1.165) is 38.7 Å². The number of ether oxygens (including phenoxy) is 2. The molecular weight excluding hydrogens is 357 g/mol. The first-order valence-corrected chi connectivity index (χ1v) is 6.77. The molecule has 1 saturated carbocycles. The molecule has 0 spiro atoms. The molecule has 0 aromatic rings. The smallest absolute Gasteiger partial charge is 0.191 e. The maximum Gasteiger partial charge on any atom is 0.191 e. The van der Waals surface area contributed by atoms with Gasteiger partial charge in [0.05, 0.1) is 6.61 Å². The third-order valence-corrected chi connectivity index (χ3v) is 3.39. The van der Waals surface area contributed by atoms with Crippen molar-refractivity contribution in [1.29, 1.82) is 0 Å². The fourth-order valence-electron chi connectivity index (χ4n) is 1.89. The van der Waals surface area contributed by atoms with Crippen molar-refractivity contribution in [3.63, 3.8) is 0 Å². The summed E-state index contributed by atoms with van der Waals surface area (Å²) in [7, 11) is 3.49. The summed E-state index contributed by atoms with van der Waals surface area (Å²) >= 11 is 0. The SMILES string of the molecule is CCOCCC1(CNC(=NC)NCCOC)CC1.I. The molecule has 114 valence electrons. The quantitative estimate of drug-likeness (QED) is 0.274. The molecule has 19 heavy (non-hydrogen) atoms. The molecule has 0 aliphatic heterocycles. The van der Waals surface area contributed by atoms with E-state index < -0.39 is 0 Å². The van der Waals surface area contributed by atoms with Crippen LogP contribution in [0.3, 0.4) is 0 Å². The van der Waals surface area contributed by atoms with Crippen LogP contribution < -0.4 is 10.6 Å². The van der Waals surface area contributed by atoms with Gasteiger partial charge in [-0.2, -0.15) is 0 Å². The molecule has 0 aromatic carbocycles. The lowest BCUT2D eigenvalue weighted by molar-refractivity contribution is 0.128. The van der Waals surface area contributed by atoms with Gasteiger partial charge < -0.3 is 20.1 Å². The number of methoxy groups -OCH3 is 1. The minimum Gasteiger partial charge on any atom is -0.383 e. The van der Waals surface area contributed by atoms with Gasteiger partial charge in [-0.15, -0.1) is 24.0 Å². The Labute approximate surface area is 133 Å². The van der Waals surface area contributed by atoms with Crippen LogP contribution in [0.5, 0.6) is 0 Å². The van der Waals surface area contributed by atoms with E-state index in [-0.39, 0.29) is 24.0 Å². The molecule has 0 saturated heterocycles. The van der Waals surface area contributed by atoms with E-state index in [9.17, 15) is 0 Å². The Morgan fingerprint density at radius 2 is 2.00 bits per heavy atom. The number of nitrogens with zero attached hydrogens (tertiary/aromatic N) is 1. The van der Waals surface area contributed by atoms with Gasteiger partial charge in [0.2, 0.25) is 0 Å². The molecule has 6 heteroatoms. The van der Waals surface area contributed by atoms with Gasteiger partial charge in [0, 0.05) is 40.5 Å². The van der Waals surface area contributed by atoms with Crippen LogP contribution in [-0.4, -0.2) is 53.0 Å². The summed E-state index contributed by atoms with van der Waals surface area (Å²) in [5.41, 5.74) is 0.439. The summed E-state index contributed by atoms with van der Waals surface area (Å²) < 4.78 is 10.4. The topological polar surface area (TPSA) is 54.9 Å². The Balaban J connectivity index is 0.00000324. The van der Waals surface area contributed by atoms with Crippen molar-refractivity contribution in [3.8, 4) is 0 Å². The highest BCUT2D eigenvalue weighted by Crippen LogP contribution is 2.48. The van der Waals surface area contributed by atoms with Crippen LogP contribution in [-0.2, 0) is 9.47 Å². The molecule has 2 N–H and O–H groups in total. The zero-order valence-electron chi connectivity index (χ0n) is 12.3. The van der Waals surface area contributed by atoms with Crippen LogP contribution in [0.4, 0.5) is 0 Å². The molecule has 5 nitrogen and oxygen atoms in total. The van der Waals surface area contributed by atoms with Gasteiger partial charge in [0.1, 0.15) is 0 Å². The number of hydrogen-bond donors (Lipinski definition) is 2.